The molecule has 0 aliphatic rings. The number of hydrogen-bond acceptors (Lipinski definition) is 5. The van der Waals surface area contributed by atoms with Crippen LogP contribution in [-0.2, 0) is 17.8 Å². The van der Waals surface area contributed by atoms with Crippen LogP contribution in [0.1, 0.15) is 56.1 Å². The summed E-state index contributed by atoms with van der Waals surface area (Å²) in [6.45, 7) is 10.1. The highest BCUT2D eigenvalue weighted by molar-refractivity contribution is 5.94. The predicted octanol–water partition coefficient (Wildman–Crippen LogP) is 4.28. The number of amides is 2. The molecule has 0 unspecified atom stereocenters. The van der Waals surface area contributed by atoms with Crippen molar-refractivity contribution in [2.75, 3.05) is 7.11 Å². The van der Waals surface area contributed by atoms with E-state index < -0.39 is 11.7 Å². The zero-order chi connectivity index (χ0) is 23.0. The van der Waals surface area contributed by atoms with Crippen LogP contribution in [0.2, 0.25) is 0 Å². The van der Waals surface area contributed by atoms with E-state index in [9.17, 15) is 9.59 Å². The monoisotopic (exact) mass is 427 g/mol. The molecule has 0 aliphatic carbocycles. The fourth-order valence-corrected chi connectivity index (χ4v) is 2.72. The molecule has 2 amide bonds. The number of hydrogen-bond donors (Lipinski definition) is 2. The van der Waals surface area contributed by atoms with Gasteiger partial charge in [-0.15, -0.1) is 0 Å². The van der Waals surface area contributed by atoms with Gasteiger partial charge in [0.2, 0.25) is 0 Å². The van der Waals surface area contributed by atoms with Gasteiger partial charge in [0.1, 0.15) is 11.4 Å². The van der Waals surface area contributed by atoms with Crippen LogP contribution >= 0.6 is 0 Å². The van der Waals surface area contributed by atoms with E-state index in [1.807, 2.05) is 71.0 Å². The lowest BCUT2D eigenvalue weighted by molar-refractivity contribution is 0.0107. The topological polar surface area (TPSA) is 79.9 Å². The number of benzene rings is 2. The molecule has 2 rings (SSSR count). The maximum absolute atomic E-state index is 12.7. The third kappa shape index (κ3) is 8.30. The van der Waals surface area contributed by atoms with Crippen molar-refractivity contribution in [2.45, 2.75) is 59.4 Å². The van der Waals surface area contributed by atoms with E-state index in [0.29, 0.717) is 18.7 Å². The summed E-state index contributed by atoms with van der Waals surface area (Å²) in [6.07, 6.45) is -0.462. The van der Waals surface area contributed by atoms with Gasteiger partial charge < -0.3 is 14.8 Å². The minimum Gasteiger partial charge on any atom is -0.497 e. The van der Waals surface area contributed by atoms with Crippen LogP contribution in [0.25, 0.3) is 0 Å². The molecule has 0 atom stereocenters. The van der Waals surface area contributed by atoms with Gasteiger partial charge in [-0.2, -0.15) is 0 Å². The van der Waals surface area contributed by atoms with Crippen LogP contribution in [0.3, 0.4) is 0 Å². The second-order valence-corrected chi connectivity index (χ2v) is 8.57. The lowest BCUT2D eigenvalue weighted by Gasteiger charge is -2.28. The summed E-state index contributed by atoms with van der Waals surface area (Å²) in [4.78, 5) is 24.8. The van der Waals surface area contributed by atoms with E-state index in [0.717, 1.165) is 16.9 Å². The van der Waals surface area contributed by atoms with Crippen molar-refractivity contribution in [3.05, 3.63) is 65.2 Å². The Kier molecular flexibility index (Phi) is 8.45. The van der Waals surface area contributed by atoms with E-state index in [-0.39, 0.29) is 11.9 Å². The van der Waals surface area contributed by atoms with Crippen molar-refractivity contribution >= 4 is 12.0 Å². The fourth-order valence-electron chi connectivity index (χ4n) is 2.72. The first-order chi connectivity index (χ1) is 14.6. The van der Waals surface area contributed by atoms with Crippen LogP contribution in [0.4, 0.5) is 4.79 Å². The summed E-state index contributed by atoms with van der Waals surface area (Å²) >= 11 is 0. The van der Waals surface area contributed by atoms with Crippen LogP contribution in [0, 0.1) is 0 Å². The van der Waals surface area contributed by atoms with Crippen LogP contribution in [0.5, 0.6) is 5.75 Å². The van der Waals surface area contributed by atoms with Gasteiger partial charge in [0.25, 0.3) is 5.91 Å². The molecule has 7 nitrogen and oxygen atoms in total. The molecule has 0 saturated carbocycles. The highest BCUT2D eigenvalue weighted by Crippen LogP contribution is 2.15. The Hall–Kier alpha value is -3.06. The highest BCUT2D eigenvalue weighted by atomic mass is 16.6. The maximum atomic E-state index is 12.7. The molecule has 0 saturated heterocycles. The van der Waals surface area contributed by atoms with Crippen molar-refractivity contribution in [3.63, 3.8) is 0 Å². The Balaban J connectivity index is 2.07. The van der Waals surface area contributed by atoms with E-state index in [2.05, 4.69) is 10.7 Å². The lowest BCUT2D eigenvalue weighted by atomic mass is 10.1. The van der Waals surface area contributed by atoms with Gasteiger partial charge >= 0.3 is 6.09 Å². The number of carbonyl (C=O) groups is 2. The van der Waals surface area contributed by atoms with Crippen LogP contribution in [0.15, 0.2) is 48.5 Å². The standard InChI is InChI=1S/C24H33N3O4/c1-17(2)26-22(28)20-11-7-18(8-12-20)15-25-27(23(29)31-24(3,4)5)16-19-9-13-21(30-6)14-10-19/h7-14,17,25H,15-16H2,1-6H3,(H,26,28). The number of rotatable bonds is 8. The minimum absolute atomic E-state index is 0.0779. The van der Waals surface area contributed by atoms with Gasteiger partial charge in [0, 0.05) is 18.2 Å². The summed E-state index contributed by atoms with van der Waals surface area (Å²) in [7, 11) is 1.61. The van der Waals surface area contributed by atoms with Crippen molar-refractivity contribution in [1.29, 1.82) is 0 Å². The molecule has 2 aromatic rings. The van der Waals surface area contributed by atoms with Gasteiger partial charge in [0.15, 0.2) is 0 Å². The smallest absolute Gasteiger partial charge is 0.425 e. The van der Waals surface area contributed by atoms with Crippen LogP contribution < -0.4 is 15.5 Å². The van der Waals surface area contributed by atoms with Gasteiger partial charge in [-0.3, -0.25) is 4.79 Å². The van der Waals surface area contributed by atoms with Gasteiger partial charge in [-0.25, -0.2) is 15.2 Å². The van der Waals surface area contributed by atoms with Crippen LogP contribution in [-0.4, -0.2) is 35.8 Å². The molecule has 0 bridgehead atoms. The predicted molar refractivity (Wildman–Crippen MR) is 121 cm³/mol. The Morgan fingerprint density at radius 1 is 0.968 bits per heavy atom. The molecule has 168 valence electrons. The molecule has 0 spiro atoms. The van der Waals surface area contributed by atoms with E-state index in [4.69, 9.17) is 9.47 Å². The largest absolute Gasteiger partial charge is 0.497 e. The van der Waals surface area contributed by atoms with Gasteiger partial charge in [0.05, 0.1) is 13.7 Å². The molecule has 31 heavy (non-hydrogen) atoms. The first-order valence-corrected chi connectivity index (χ1v) is 10.3. The van der Waals surface area contributed by atoms with E-state index in [1.165, 1.54) is 5.01 Å². The van der Waals surface area contributed by atoms with Crippen molar-refractivity contribution < 1.29 is 19.1 Å². The molecule has 0 fully saturated rings. The Bertz CT molecular complexity index is 856. The molecule has 0 radical (unpaired) electrons. The normalized spacial score (nSPS) is 11.2. The second-order valence-electron chi connectivity index (χ2n) is 8.57. The average Bonchev–Trinajstić information content (AvgIpc) is 2.70. The third-order valence-electron chi connectivity index (χ3n) is 4.22. The Labute approximate surface area is 184 Å². The summed E-state index contributed by atoms with van der Waals surface area (Å²) in [6, 6.07) is 14.9. The molecule has 0 heterocycles. The number of ether oxygens (including phenoxy) is 2. The zero-order valence-corrected chi connectivity index (χ0v) is 19.2. The average molecular weight is 428 g/mol. The van der Waals surface area contributed by atoms with E-state index >= 15 is 0 Å². The van der Waals surface area contributed by atoms with Crippen molar-refractivity contribution in [3.8, 4) is 5.75 Å². The quantitative estimate of drug-likeness (QED) is 0.615. The molecule has 2 aromatic carbocycles. The number of carbonyl (C=O) groups excluding carboxylic acids is 2. The molecule has 0 aromatic heterocycles. The SMILES string of the molecule is COc1ccc(CN(NCc2ccc(C(=O)NC(C)C)cc2)C(=O)OC(C)(C)C)cc1. The van der Waals surface area contributed by atoms with E-state index in [1.54, 1.807) is 19.2 Å². The number of nitrogens with zero attached hydrogens (tertiary/aromatic N) is 1. The molecule has 0 aliphatic heterocycles. The molecular formula is C24H33N3O4. The molecule has 2 N–H and O–H groups in total. The van der Waals surface area contributed by atoms with Crippen molar-refractivity contribution in [1.82, 2.24) is 15.8 Å². The first-order valence-electron chi connectivity index (χ1n) is 10.3. The molecule has 7 heteroatoms. The first kappa shape index (κ1) is 24.2. The Morgan fingerprint density at radius 3 is 2.06 bits per heavy atom. The number of methoxy groups -OCH3 is 1. The van der Waals surface area contributed by atoms with Gasteiger partial charge in [-0.1, -0.05) is 24.3 Å². The van der Waals surface area contributed by atoms with Gasteiger partial charge in [-0.05, 0) is 70.0 Å². The molecular weight excluding hydrogens is 394 g/mol. The highest BCUT2D eigenvalue weighted by Gasteiger charge is 2.22. The zero-order valence-electron chi connectivity index (χ0n) is 19.2. The van der Waals surface area contributed by atoms with Crippen molar-refractivity contribution in [2.24, 2.45) is 0 Å². The summed E-state index contributed by atoms with van der Waals surface area (Å²) in [5, 5.41) is 4.32. The fraction of sp³-hybridized carbons (Fsp3) is 0.417. The summed E-state index contributed by atoms with van der Waals surface area (Å²) in [5.41, 5.74) is 5.00. The Morgan fingerprint density at radius 2 is 1.55 bits per heavy atom. The maximum Gasteiger partial charge on any atom is 0.425 e. The number of hydrazine groups is 1. The third-order valence-corrected chi connectivity index (χ3v) is 4.22. The number of nitrogens with one attached hydrogen (secondary N) is 2. The summed E-state index contributed by atoms with van der Waals surface area (Å²) < 4.78 is 10.7. The summed E-state index contributed by atoms with van der Waals surface area (Å²) in [5.74, 6) is 0.645. The second kappa shape index (κ2) is 10.8. The minimum atomic E-state index is -0.609. The lowest BCUT2D eigenvalue weighted by Crippen LogP contribution is -2.44.